The summed E-state index contributed by atoms with van der Waals surface area (Å²) in [5, 5.41) is 18.5. The first kappa shape index (κ1) is 28.9. The number of allylic oxidation sites excluding steroid dienone is 1. The maximum atomic E-state index is 12.7. The highest BCUT2D eigenvalue weighted by atomic mass is 16.6. The predicted molar refractivity (Wildman–Crippen MR) is 149 cm³/mol. The molecule has 0 aromatic heterocycles. The van der Waals surface area contributed by atoms with E-state index in [1.54, 1.807) is 0 Å². The molecule has 0 unspecified atom stereocenters. The van der Waals surface area contributed by atoms with Crippen molar-refractivity contribution in [3.63, 3.8) is 0 Å². The van der Waals surface area contributed by atoms with Gasteiger partial charge in [0, 0.05) is 19.5 Å². The summed E-state index contributed by atoms with van der Waals surface area (Å²) < 4.78 is 5.89. The molecule has 0 aromatic rings. The maximum absolute atomic E-state index is 12.7. The minimum absolute atomic E-state index is 0.0975. The van der Waals surface area contributed by atoms with E-state index in [0.717, 1.165) is 54.8 Å². The first-order valence-corrected chi connectivity index (χ1v) is 15.5. The fraction of sp³-hybridized carbons (Fsp3) is 0.906. The number of amides is 1. The van der Waals surface area contributed by atoms with Crippen LogP contribution in [0, 0.1) is 46.3 Å². The van der Waals surface area contributed by atoms with Gasteiger partial charge in [-0.2, -0.15) is 0 Å². The Bertz CT molecular complexity index is 805. The molecule has 4 aliphatic rings. The molecule has 5 heteroatoms. The molecular weight excluding hydrogens is 462 g/mol. The molecule has 3 saturated carbocycles. The van der Waals surface area contributed by atoms with Crippen LogP contribution in [0.3, 0.4) is 0 Å². The molecular formula is C32H55NO4. The van der Waals surface area contributed by atoms with Crippen molar-refractivity contribution in [2.45, 2.75) is 111 Å². The number of carbonyl (C=O) groups excluding carboxylic acids is 1. The van der Waals surface area contributed by atoms with E-state index in [4.69, 9.17) is 4.74 Å². The van der Waals surface area contributed by atoms with Gasteiger partial charge < -0.3 is 19.8 Å². The Hall–Kier alpha value is -1.07. The average molecular weight is 518 g/mol. The molecule has 0 aromatic carbocycles. The lowest BCUT2D eigenvalue weighted by atomic mass is 9.47. The Labute approximate surface area is 226 Å². The van der Waals surface area contributed by atoms with Crippen molar-refractivity contribution in [2.24, 2.45) is 46.3 Å². The summed E-state index contributed by atoms with van der Waals surface area (Å²) in [7, 11) is 0. The average Bonchev–Trinajstić information content (AvgIpc) is 3.21. The van der Waals surface area contributed by atoms with E-state index < -0.39 is 6.09 Å². The number of ether oxygens (including phenoxy) is 1. The van der Waals surface area contributed by atoms with E-state index in [9.17, 15) is 15.0 Å². The largest absolute Gasteiger partial charge is 0.446 e. The van der Waals surface area contributed by atoms with Crippen LogP contribution in [0.5, 0.6) is 0 Å². The van der Waals surface area contributed by atoms with Crippen LogP contribution in [0.15, 0.2) is 11.6 Å². The first-order valence-electron chi connectivity index (χ1n) is 15.5. The summed E-state index contributed by atoms with van der Waals surface area (Å²) in [5.41, 5.74) is 2.27. The molecule has 212 valence electrons. The molecule has 4 rings (SSSR count). The molecule has 0 heterocycles. The first-order chi connectivity index (χ1) is 17.6. The number of aliphatic hydroxyl groups excluding tert-OH is 2. The summed E-state index contributed by atoms with van der Waals surface area (Å²) in [6.07, 6.45) is 15.8. The number of nitrogens with zero attached hydrogens (tertiary/aromatic N) is 1. The smallest absolute Gasteiger partial charge is 0.410 e. The number of fused-ring (bicyclic) bond motifs is 5. The van der Waals surface area contributed by atoms with Gasteiger partial charge in [0.05, 0.1) is 13.2 Å². The summed E-state index contributed by atoms with van der Waals surface area (Å²) in [6.45, 7) is 12.6. The molecule has 4 aliphatic carbocycles. The minimum atomic E-state index is -0.404. The van der Waals surface area contributed by atoms with Gasteiger partial charge >= 0.3 is 6.09 Å². The third-order valence-electron chi connectivity index (χ3n) is 11.5. The lowest BCUT2D eigenvalue weighted by Gasteiger charge is -2.58. The second kappa shape index (κ2) is 12.0. The van der Waals surface area contributed by atoms with Crippen molar-refractivity contribution in [1.82, 2.24) is 4.90 Å². The normalized spacial score (nSPS) is 37.8. The van der Waals surface area contributed by atoms with E-state index in [1.165, 1.54) is 61.8 Å². The number of hydrogen-bond donors (Lipinski definition) is 2. The Morgan fingerprint density at radius 3 is 2.43 bits per heavy atom. The fourth-order valence-corrected chi connectivity index (χ4v) is 9.51. The molecule has 0 aliphatic heterocycles. The number of carbonyl (C=O) groups is 1. The quantitative estimate of drug-likeness (QED) is 0.312. The van der Waals surface area contributed by atoms with Crippen LogP contribution in [-0.2, 0) is 4.74 Å². The van der Waals surface area contributed by atoms with Crippen LogP contribution in [-0.4, -0.2) is 53.6 Å². The second-order valence-corrected chi connectivity index (χ2v) is 14.0. The van der Waals surface area contributed by atoms with Crippen LogP contribution in [0.4, 0.5) is 4.79 Å². The van der Waals surface area contributed by atoms with Gasteiger partial charge in [0.1, 0.15) is 6.10 Å². The van der Waals surface area contributed by atoms with Gasteiger partial charge in [-0.15, -0.1) is 0 Å². The van der Waals surface area contributed by atoms with Crippen LogP contribution in [0.25, 0.3) is 0 Å². The number of rotatable bonds is 10. The summed E-state index contributed by atoms with van der Waals surface area (Å²) in [5.74, 6) is 4.98. The highest BCUT2D eigenvalue weighted by Gasteiger charge is 2.59. The molecule has 3 fully saturated rings. The van der Waals surface area contributed by atoms with Gasteiger partial charge in [0.15, 0.2) is 0 Å². The van der Waals surface area contributed by atoms with Crippen molar-refractivity contribution in [1.29, 1.82) is 0 Å². The van der Waals surface area contributed by atoms with Gasteiger partial charge in [-0.1, -0.05) is 65.5 Å². The van der Waals surface area contributed by atoms with Crippen molar-refractivity contribution in [2.75, 3.05) is 26.3 Å². The maximum Gasteiger partial charge on any atom is 0.410 e. The monoisotopic (exact) mass is 517 g/mol. The van der Waals surface area contributed by atoms with Crippen LogP contribution in [0.2, 0.25) is 0 Å². The summed E-state index contributed by atoms with van der Waals surface area (Å²) in [4.78, 5) is 14.1. The summed E-state index contributed by atoms with van der Waals surface area (Å²) >= 11 is 0. The zero-order valence-electron chi connectivity index (χ0n) is 24.4. The Morgan fingerprint density at radius 1 is 1.03 bits per heavy atom. The highest BCUT2D eigenvalue weighted by Crippen LogP contribution is 2.67. The van der Waals surface area contributed by atoms with E-state index in [-0.39, 0.29) is 37.8 Å². The van der Waals surface area contributed by atoms with Crippen molar-refractivity contribution in [3.05, 3.63) is 11.6 Å². The molecule has 0 saturated heterocycles. The zero-order chi connectivity index (χ0) is 26.8. The summed E-state index contributed by atoms with van der Waals surface area (Å²) in [6, 6.07) is 0. The van der Waals surface area contributed by atoms with Crippen LogP contribution >= 0.6 is 0 Å². The number of hydrogen-bond acceptors (Lipinski definition) is 4. The van der Waals surface area contributed by atoms with Crippen molar-refractivity contribution in [3.8, 4) is 0 Å². The molecule has 37 heavy (non-hydrogen) atoms. The predicted octanol–water partition coefficient (Wildman–Crippen LogP) is 6.82. The molecule has 0 spiro atoms. The molecule has 8 atom stereocenters. The van der Waals surface area contributed by atoms with E-state index in [0.29, 0.717) is 5.41 Å². The van der Waals surface area contributed by atoms with Gasteiger partial charge in [0.2, 0.25) is 0 Å². The Morgan fingerprint density at radius 2 is 1.76 bits per heavy atom. The van der Waals surface area contributed by atoms with Gasteiger partial charge in [-0.05, 0) is 91.3 Å². The molecule has 2 N–H and O–H groups in total. The van der Waals surface area contributed by atoms with Gasteiger partial charge in [-0.25, -0.2) is 4.79 Å². The third-order valence-corrected chi connectivity index (χ3v) is 11.5. The molecule has 0 radical (unpaired) electrons. The van der Waals surface area contributed by atoms with Crippen molar-refractivity contribution < 1.29 is 19.7 Å². The van der Waals surface area contributed by atoms with Gasteiger partial charge in [0.25, 0.3) is 0 Å². The fourth-order valence-electron chi connectivity index (χ4n) is 9.51. The highest BCUT2D eigenvalue weighted by molar-refractivity contribution is 5.67. The zero-order valence-corrected chi connectivity index (χ0v) is 24.4. The topological polar surface area (TPSA) is 70.0 Å². The second-order valence-electron chi connectivity index (χ2n) is 14.0. The molecule has 5 nitrogen and oxygen atoms in total. The lowest BCUT2D eigenvalue weighted by molar-refractivity contribution is -0.0595. The van der Waals surface area contributed by atoms with E-state index in [2.05, 4.69) is 40.7 Å². The third kappa shape index (κ3) is 5.78. The van der Waals surface area contributed by atoms with Crippen LogP contribution < -0.4 is 0 Å². The minimum Gasteiger partial charge on any atom is -0.446 e. The molecule has 1 amide bonds. The molecule has 0 bridgehead atoms. The SMILES string of the molecule is CC(C)CCC[C@@H](C)[C@H]1CC[C@H]2[C@@H]3CC=C4C[C@@H](OC(=O)N(CCO)CCO)CC[C@]4(C)[C@H]3CC[C@]12C. The van der Waals surface area contributed by atoms with E-state index >= 15 is 0 Å². The van der Waals surface area contributed by atoms with E-state index in [1.807, 2.05) is 0 Å². The number of aliphatic hydroxyl groups is 2. The van der Waals surface area contributed by atoms with Crippen molar-refractivity contribution >= 4 is 6.09 Å². The van der Waals surface area contributed by atoms with Crippen LogP contribution in [0.1, 0.15) is 105 Å². The Balaban J connectivity index is 1.41. The van der Waals surface area contributed by atoms with Gasteiger partial charge in [-0.3, -0.25) is 0 Å². The lowest BCUT2D eigenvalue weighted by Crippen LogP contribution is -2.51. The standard InChI is InChI=1S/C32H55NO4/c1-22(2)7-6-8-23(3)27-11-12-28-26-10-9-24-21-25(37-30(36)33(17-19-34)18-20-35)13-15-31(24,4)29(26)14-16-32(27,28)5/h9,22-23,25-29,34-35H,6-8,10-21H2,1-5H3/t23-,25+,26+,27-,28+,29+,31+,32-/m1/s1. The Kier molecular flexibility index (Phi) is 9.37.